The molecule has 2 rings (SSSR count). The molecule has 0 saturated carbocycles. The lowest BCUT2D eigenvalue weighted by Gasteiger charge is -2.23. The monoisotopic (exact) mass is 337 g/mol. The van der Waals surface area contributed by atoms with Gasteiger partial charge in [0.2, 0.25) is 0 Å². The Bertz CT molecular complexity index is 771. The van der Waals surface area contributed by atoms with Crippen LogP contribution >= 0.6 is 0 Å². The minimum atomic E-state index is -4.90. The number of benzene rings is 1. The molecule has 0 bridgehead atoms. The number of rotatable bonds is 4. The Balaban J connectivity index is 2.56. The minimum Gasteiger partial charge on any atom is -0.272 e. The molecule has 1 aromatic heterocycles. The van der Waals surface area contributed by atoms with E-state index in [0.29, 0.717) is 10.5 Å². The van der Waals surface area contributed by atoms with E-state index < -0.39 is 32.6 Å². The molecule has 5 nitrogen and oxygen atoms in total. The Kier molecular flexibility index (Phi) is 4.14. The largest absolute Gasteiger partial charge is 0.434 e. The van der Waals surface area contributed by atoms with Crippen LogP contribution in [-0.4, -0.2) is 25.2 Å². The number of hydrogen-bond donors (Lipinski definition) is 1. The third kappa shape index (κ3) is 2.91. The maximum absolute atomic E-state index is 13.2. The number of sulfonamides is 1. The highest BCUT2D eigenvalue weighted by atomic mass is 32.2. The van der Waals surface area contributed by atoms with Crippen molar-refractivity contribution in [3.8, 4) is 0 Å². The van der Waals surface area contributed by atoms with Crippen molar-refractivity contribution in [1.82, 2.24) is 10.2 Å². The van der Waals surface area contributed by atoms with Gasteiger partial charge in [0.1, 0.15) is 10.7 Å². The van der Waals surface area contributed by atoms with Crippen molar-refractivity contribution in [1.29, 1.82) is 0 Å². The van der Waals surface area contributed by atoms with Gasteiger partial charge in [0.25, 0.3) is 10.0 Å². The Labute approximate surface area is 123 Å². The summed E-state index contributed by atoms with van der Waals surface area (Å²) in [5.74, 6) is -0.700. The van der Waals surface area contributed by atoms with Crippen molar-refractivity contribution < 1.29 is 26.0 Å². The van der Waals surface area contributed by atoms with E-state index >= 15 is 0 Å². The van der Waals surface area contributed by atoms with Gasteiger partial charge in [0.05, 0.1) is 11.9 Å². The zero-order valence-corrected chi connectivity index (χ0v) is 12.0. The van der Waals surface area contributed by atoms with Crippen LogP contribution in [0.25, 0.3) is 0 Å². The van der Waals surface area contributed by atoms with Crippen molar-refractivity contribution in [3.05, 3.63) is 42.0 Å². The Hall–Kier alpha value is -2.10. The summed E-state index contributed by atoms with van der Waals surface area (Å²) in [6, 6.07) is 4.58. The molecule has 10 heteroatoms. The van der Waals surface area contributed by atoms with E-state index in [1.54, 1.807) is 5.10 Å². The zero-order chi connectivity index (χ0) is 16.5. The molecule has 0 unspecified atom stereocenters. The number of aromatic nitrogens is 2. The van der Waals surface area contributed by atoms with E-state index in [-0.39, 0.29) is 12.2 Å². The molecule has 120 valence electrons. The van der Waals surface area contributed by atoms with Gasteiger partial charge < -0.3 is 0 Å². The fourth-order valence-electron chi connectivity index (χ4n) is 1.92. The molecule has 0 aliphatic rings. The molecule has 0 saturated heterocycles. The lowest BCUT2D eigenvalue weighted by molar-refractivity contribution is -0.143. The highest BCUT2D eigenvalue weighted by Gasteiger charge is 2.41. The molecular weight excluding hydrogens is 326 g/mol. The molecule has 0 radical (unpaired) electrons. The van der Waals surface area contributed by atoms with Gasteiger partial charge in [-0.05, 0) is 25.1 Å². The molecule has 22 heavy (non-hydrogen) atoms. The topological polar surface area (TPSA) is 66.1 Å². The first-order chi connectivity index (χ1) is 10.2. The number of alkyl halides is 3. The molecule has 2 aromatic rings. The summed E-state index contributed by atoms with van der Waals surface area (Å²) >= 11 is 0. The van der Waals surface area contributed by atoms with Gasteiger partial charge in [0, 0.05) is 6.54 Å². The van der Waals surface area contributed by atoms with Crippen LogP contribution in [0.15, 0.2) is 35.4 Å². The summed E-state index contributed by atoms with van der Waals surface area (Å²) < 4.78 is 77.3. The zero-order valence-electron chi connectivity index (χ0n) is 11.2. The van der Waals surface area contributed by atoms with E-state index in [4.69, 9.17) is 0 Å². The van der Waals surface area contributed by atoms with E-state index in [9.17, 15) is 26.0 Å². The molecule has 0 amide bonds. The highest BCUT2D eigenvalue weighted by molar-refractivity contribution is 7.92. The van der Waals surface area contributed by atoms with Crippen molar-refractivity contribution in [2.75, 3.05) is 10.8 Å². The molecule has 0 atom stereocenters. The van der Waals surface area contributed by atoms with Crippen molar-refractivity contribution in [2.45, 2.75) is 18.0 Å². The van der Waals surface area contributed by atoms with Crippen LogP contribution in [0.5, 0.6) is 0 Å². The summed E-state index contributed by atoms with van der Waals surface area (Å²) in [4.78, 5) is -1.01. The number of aromatic amines is 1. The van der Waals surface area contributed by atoms with Crippen LogP contribution in [-0.2, 0) is 16.2 Å². The Morgan fingerprint density at radius 1 is 1.32 bits per heavy atom. The van der Waals surface area contributed by atoms with Crippen LogP contribution in [0, 0.1) is 5.82 Å². The van der Waals surface area contributed by atoms with Gasteiger partial charge in [-0.15, -0.1) is 0 Å². The first kappa shape index (κ1) is 16.3. The maximum Gasteiger partial charge on any atom is 0.434 e. The second-order valence-corrected chi connectivity index (χ2v) is 6.09. The number of anilines is 1. The van der Waals surface area contributed by atoms with E-state index in [1.807, 2.05) is 0 Å². The first-order valence-corrected chi connectivity index (χ1v) is 7.50. The predicted molar refractivity (Wildman–Crippen MR) is 70.2 cm³/mol. The molecule has 0 aliphatic heterocycles. The third-order valence-electron chi connectivity index (χ3n) is 2.84. The van der Waals surface area contributed by atoms with E-state index in [0.717, 1.165) is 12.1 Å². The summed E-state index contributed by atoms with van der Waals surface area (Å²) in [6.45, 7) is 1.25. The van der Waals surface area contributed by atoms with Gasteiger partial charge in [-0.1, -0.05) is 6.07 Å². The first-order valence-electron chi connectivity index (χ1n) is 6.06. The van der Waals surface area contributed by atoms with Crippen LogP contribution in [0.2, 0.25) is 0 Å². The van der Waals surface area contributed by atoms with Gasteiger partial charge in [0.15, 0.2) is 5.69 Å². The fourth-order valence-corrected chi connectivity index (χ4v) is 3.49. The second-order valence-electron chi connectivity index (χ2n) is 4.26. The van der Waals surface area contributed by atoms with Gasteiger partial charge in [-0.3, -0.25) is 9.40 Å². The SMILES string of the molecule is CCN(c1cccc(F)c1)S(=O)(=O)c1cn[nH]c1C(F)(F)F. The van der Waals surface area contributed by atoms with Crippen LogP contribution in [0.4, 0.5) is 23.2 Å². The maximum atomic E-state index is 13.2. The molecule has 0 aliphatic carbocycles. The summed E-state index contributed by atoms with van der Waals surface area (Å²) in [5, 5.41) is 4.80. The van der Waals surface area contributed by atoms with Crippen molar-refractivity contribution >= 4 is 15.7 Å². The lowest BCUT2D eigenvalue weighted by atomic mass is 10.3. The number of nitrogens with one attached hydrogen (secondary N) is 1. The van der Waals surface area contributed by atoms with Crippen LogP contribution < -0.4 is 4.31 Å². The summed E-state index contributed by atoms with van der Waals surface area (Å²) in [7, 11) is -4.54. The fraction of sp³-hybridized carbons (Fsp3) is 0.250. The average Bonchev–Trinajstić information content (AvgIpc) is 2.89. The molecule has 1 N–H and O–H groups in total. The number of H-pyrrole nitrogens is 1. The molecule has 1 aromatic carbocycles. The van der Waals surface area contributed by atoms with E-state index in [1.165, 1.54) is 19.1 Å². The molecule has 0 spiro atoms. The lowest BCUT2D eigenvalue weighted by Crippen LogP contribution is -2.32. The molecule has 1 heterocycles. The minimum absolute atomic E-state index is 0.0724. The number of hydrogen-bond acceptors (Lipinski definition) is 3. The predicted octanol–water partition coefficient (Wildman–Crippen LogP) is 2.78. The van der Waals surface area contributed by atoms with Gasteiger partial charge in [-0.25, -0.2) is 12.8 Å². The van der Waals surface area contributed by atoms with Crippen LogP contribution in [0.3, 0.4) is 0 Å². The second kappa shape index (κ2) is 5.59. The van der Waals surface area contributed by atoms with Gasteiger partial charge in [-0.2, -0.15) is 18.3 Å². The number of nitrogens with zero attached hydrogens (tertiary/aromatic N) is 2. The normalized spacial score (nSPS) is 12.4. The summed E-state index contributed by atoms with van der Waals surface area (Å²) in [6.07, 6.45) is -4.32. The molecule has 0 fully saturated rings. The smallest absolute Gasteiger partial charge is 0.272 e. The van der Waals surface area contributed by atoms with Crippen molar-refractivity contribution in [2.24, 2.45) is 0 Å². The van der Waals surface area contributed by atoms with Crippen LogP contribution in [0.1, 0.15) is 12.6 Å². The molecular formula is C12H11F4N3O2S. The average molecular weight is 337 g/mol. The van der Waals surface area contributed by atoms with E-state index in [2.05, 4.69) is 5.10 Å². The highest BCUT2D eigenvalue weighted by Crippen LogP contribution is 2.34. The third-order valence-corrected chi connectivity index (χ3v) is 4.75. The number of halogens is 4. The van der Waals surface area contributed by atoms with Crippen molar-refractivity contribution in [3.63, 3.8) is 0 Å². The summed E-state index contributed by atoms with van der Waals surface area (Å²) in [5.41, 5.74) is -1.54. The Morgan fingerprint density at radius 3 is 2.55 bits per heavy atom. The standard InChI is InChI=1S/C12H11F4N3O2S/c1-2-19(9-5-3-4-8(13)6-9)22(20,21)10-7-17-18-11(10)12(14,15)16/h3-7H,2H2,1H3,(H,17,18). The Morgan fingerprint density at radius 2 is 2.00 bits per heavy atom. The quantitative estimate of drug-likeness (QED) is 0.873. The van der Waals surface area contributed by atoms with Gasteiger partial charge >= 0.3 is 6.18 Å².